The van der Waals surface area contributed by atoms with Crippen molar-refractivity contribution in [2.24, 2.45) is 5.73 Å². The summed E-state index contributed by atoms with van der Waals surface area (Å²) in [4.78, 5) is 16.5. The van der Waals surface area contributed by atoms with E-state index in [2.05, 4.69) is 44.2 Å². The quantitative estimate of drug-likeness (QED) is 0.577. The molecule has 0 aliphatic carbocycles. The van der Waals surface area contributed by atoms with E-state index in [4.69, 9.17) is 10.7 Å². The Hall–Kier alpha value is -2.20. The van der Waals surface area contributed by atoms with Gasteiger partial charge < -0.3 is 5.73 Å². The zero-order chi connectivity index (χ0) is 17.8. The number of nitrogens with two attached hydrogens (primary N) is 1. The lowest BCUT2D eigenvalue weighted by Crippen LogP contribution is -2.21. The summed E-state index contributed by atoms with van der Waals surface area (Å²) < 4.78 is 1.20. The molecule has 0 saturated carbocycles. The zero-order valence-corrected chi connectivity index (χ0v) is 15.6. The largest absolute Gasteiger partial charge is 0.369 e. The predicted octanol–water partition coefficient (Wildman–Crippen LogP) is 5.42. The Morgan fingerprint density at radius 1 is 1.16 bits per heavy atom. The van der Waals surface area contributed by atoms with Crippen LogP contribution in [0.15, 0.2) is 42.5 Å². The van der Waals surface area contributed by atoms with Gasteiger partial charge >= 0.3 is 0 Å². The van der Waals surface area contributed by atoms with Crippen LogP contribution in [0.2, 0.25) is 0 Å². The van der Waals surface area contributed by atoms with Crippen molar-refractivity contribution in [3.8, 4) is 10.6 Å². The normalized spacial score (nSPS) is 12.4. The third-order valence-electron chi connectivity index (χ3n) is 4.54. The summed E-state index contributed by atoms with van der Waals surface area (Å²) in [7, 11) is 0. The number of hydrogen-bond acceptors (Lipinski definition) is 3. The lowest BCUT2D eigenvalue weighted by Gasteiger charge is -2.13. The van der Waals surface area contributed by atoms with Gasteiger partial charge in [0.1, 0.15) is 5.01 Å². The number of aryl methyl sites for hydroxylation is 1. The summed E-state index contributed by atoms with van der Waals surface area (Å²) in [5.41, 5.74) is 9.98. The highest BCUT2D eigenvalue weighted by atomic mass is 32.1. The molecular weight excluding hydrogens is 328 g/mol. The van der Waals surface area contributed by atoms with E-state index in [9.17, 15) is 4.79 Å². The van der Waals surface area contributed by atoms with Gasteiger partial charge in [-0.15, -0.1) is 11.3 Å². The minimum atomic E-state index is -0.237. The molecule has 1 unspecified atom stereocenters. The molecule has 130 valence electrons. The molecule has 1 atom stereocenters. The molecule has 0 bridgehead atoms. The van der Waals surface area contributed by atoms with E-state index in [-0.39, 0.29) is 11.8 Å². The molecule has 0 spiro atoms. The van der Waals surface area contributed by atoms with Gasteiger partial charge in [0.2, 0.25) is 5.91 Å². The second-order valence-corrected chi connectivity index (χ2v) is 7.59. The fraction of sp³-hybridized carbons (Fsp3) is 0.333. The van der Waals surface area contributed by atoms with Crippen molar-refractivity contribution < 1.29 is 4.79 Å². The van der Waals surface area contributed by atoms with E-state index in [1.165, 1.54) is 10.3 Å². The fourth-order valence-corrected chi connectivity index (χ4v) is 4.15. The van der Waals surface area contributed by atoms with Crippen LogP contribution in [0, 0.1) is 6.92 Å². The number of rotatable bonds is 7. The van der Waals surface area contributed by atoms with Gasteiger partial charge in [-0.05, 0) is 36.6 Å². The van der Waals surface area contributed by atoms with Gasteiger partial charge in [-0.25, -0.2) is 4.98 Å². The smallest absolute Gasteiger partial charge is 0.224 e. The van der Waals surface area contributed by atoms with E-state index in [0.29, 0.717) is 0 Å². The number of aromatic nitrogens is 1. The van der Waals surface area contributed by atoms with E-state index in [0.717, 1.165) is 47.3 Å². The van der Waals surface area contributed by atoms with Crippen molar-refractivity contribution in [1.82, 2.24) is 4.98 Å². The van der Waals surface area contributed by atoms with Crippen LogP contribution >= 0.6 is 11.3 Å². The predicted molar refractivity (Wildman–Crippen MR) is 106 cm³/mol. The Labute approximate surface area is 152 Å². The van der Waals surface area contributed by atoms with Crippen molar-refractivity contribution in [3.63, 3.8) is 0 Å². The highest BCUT2D eigenvalue weighted by molar-refractivity contribution is 7.21. The van der Waals surface area contributed by atoms with E-state index >= 15 is 0 Å². The highest BCUT2D eigenvalue weighted by Crippen LogP contribution is 2.32. The van der Waals surface area contributed by atoms with Crippen molar-refractivity contribution in [3.05, 3.63) is 53.6 Å². The standard InChI is InChI=1S/C21H24N2OS/c1-3-4-5-6-17(20(22)24)15-8-10-16(11-9-15)21-23-18-12-7-14(2)13-19(18)25-21/h7-13,17H,3-6H2,1-2H3,(H2,22,24). The third-order valence-corrected chi connectivity index (χ3v) is 5.61. The van der Waals surface area contributed by atoms with Crippen LogP contribution in [0.25, 0.3) is 20.8 Å². The number of benzene rings is 2. The number of unbranched alkanes of at least 4 members (excludes halogenated alkanes) is 2. The van der Waals surface area contributed by atoms with Crippen LogP contribution in [0.5, 0.6) is 0 Å². The number of carbonyl (C=O) groups excluding carboxylic acids is 1. The van der Waals surface area contributed by atoms with Crippen molar-refractivity contribution >= 4 is 27.5 Å². The summed E-state index contributed by atoms with van der Waals surface area (Å²) in [6.45, 7) is 4.25. The first-order valence-corrected chi connectivity index (χ1v) is 9.67. The maximum Gasteiger partial charge on any atom is 0.224 e. The summed E-state index contributed by atoms with van der Waals surface area (Å²) in [6, 6.07) is 14.5. The molecule has 2 aromatic carbocycles. The minimum absolute atomic E-state index is 0.196. The van der Waals surface area contributed by atoms with Gasteiger partial charge in [-0.3, -0.25) is 4.79 Å². The molecule has 0 saturated heterocycles. The minimum Gasteiger partial charge on any atom is -0.369 e. The lowest BCUT2D eigenvalue weighted by atomic mass is 9.92. The third kappa shape index (κ3) is 4.07. The first-order valence-electron chi connectivity index (χ1n) is 8.85. The molecular formula is C21H24N2OS. The fourth-order valence-electron chi connectivity index (χ4n) is 3.08. The number of amides is 1. The van der Waals surface area contributed by atoms with Crippen LogP contribution < -0.4 is 5.73 Å². The van der Waals surface area contributed by atoms with Gasteiger partial charge in [0.25, 0.3) is 0 Å². The van der Waals surface area contributed by atoms with Gasteiger partial charge in [0.15, 0.2) is 0 Å². The Balaban J connectivity index is 1.83. The van der Waals surface area contributed by atoms with Gasteiger partial charge in [0.05, 0.1) is 16.1 Å². The van der Waals surface area contributed by atoms with E-state index < -0.39 is 0 Å². The van der Waals surface area contributed by atoms with E-state index in [1.807, 2.05) is 12.1 Å². The molecule has 1 aromatic heterocycles. The molecule has 0 aliphatic rings. The Morgan fingerprint density at radius 2 is 1.92 bits per heavy atom. The van der Waals surface area contributed by atoms with Crippen LogP contribution in [0.3, 0.4) is 0 Å². The molecule has 2 N–H and O–H groups in total. The number of fused-ring (bicyclic) bond motifs is 1. The Kier molecular flexibility index (Phi) is 5.49. The first-order chi connectivity index (χ1) is 12.1. The van der Waals surface area contributed by atoms with Gasteiger partial charge in [-0.2, -0.15) is 0 Å². The lowest BCUT2D eigenvalue weighted by molar-refractivity contribution is -0.119. The molecule has 1 amide bonds. The molecule has 25 heavy (non-hydrogen) atoms. The summed E-state index contributed by atoms with van der Waals surface area (Å²) in [6.07, 6.45) is 4.13. The SMILES string of the molecule is CCCCCC(C(N)=O)c1ccc(-c2nc3ccc(C)cc3s2)cc1. The van der Waals surface area contributed by atoms with Gasteiger partial charge in [0, 0.05) is 5.56 Å². The number of thiazole rings is 1. The van der Waals surface area contributed by atoms with Crippen molar-refractivity contribution in [2.75, 3.05) is 0 Å². The molecule has 4 heteroatoms. The van der Waals surface area contributed by atoms with E-state index in [1.54, 1.807) is 11.3 Å². The molecule has 1 heterocycles. The zero-order valence-electron chi connectivity index (χ0n) is 14.8. The van der Waals surface area contributed by atoms with Crippen LogP contribution in [-0.4, -0.2) is 10.9 Å². The second-order valence-electron chi connectivity index (χ2n) is 6.56. The molecule has 3 nitrogen and oxygen atoms in total. The molecule has 3 rings (SSSR count). The highest BCUT2D eigenvalue weighted by Gasteiger charge is 2.17. The second kappa shape index (κ2) is 7.79. The van der Waals surface area contributed by atoms with Gasteiger partial charge in [-0.1, -0.05) is 56.5 Å². The number of nitrogens with zero attached hydrogens (tertiary/aromatic N) is 1. The Morgan fingerprint density at radius 3 is 2.60 bits per heavy atom. The van der Waals surface area contributed by atoms with Crippen LogP contribution in [0.1, 0.15) is 49.7 Å². The number of hydrogen-bond donors (Lipinski definition) is 1. The number of carbonyl (C=O) groups is 1. The van der Waals surface area contributed by atoms with Crippen molar-refractivity contribution in [2.45, 2.75) is 45.4 Å². The Bertz CT molecular complexity index is 867. The summed E-state index contributed by atoms with van der Waals surface area (Å²) in [5.74, 6) is -0.432. The average Bonchev–Trinajstić information content (AvgIpc) is 3.02. The maximum absolute atomic E-state index is 11.8. The van der Waals surface area contributed by atoms with Crippen molar-refractivity contribution in [1.29, 1.82) is 0 Å². The van der Waals surface area contributed by atoms with Crippen LogP contribution in [-0.2, 0) is 4.79 Å². The van der Waals surface area contributed by atoms with Crippen LogP contribution in [0.4, 0.5) is 0 Å². The summed E-state index contributed by atoms with van der Waals surface area (Å²) >= 11 is 1.70. The molecule has 0 fully saturated rings. The summed E-state index contributed by atoms with van der Waals surface area (Å²) in [5, 5.41) is 1.01. The average molecular weight is 353 g/mol. The molecule has 0 aliphatic heterocycles. The molecule has 3 aromatic rings. The maximum atomic E-state index is 11.8. The monoisotopic (exact) mass is 352 g/mol. The molecule has 0 radical (unpaired) electrons. The number of primary amides is 1. The topological polar surface area (TPSA) is 56.0 Å². The first kappa shape index (κ1) is 17.6.